The molecule has 2 heterocycles. The fraction of sp³-hybridized carbons (Fsp3) is 0.0769. The van der Waals surface area contributed by atoms with Crippen LogP contribution >= 0.6 is 11.3 Å². The van der Waals surface area contributed by atoms with Crippen LogP contribution in [0.2, 0.25) is 0 Å². The van der Waals surface area contributed by atoms with Gasteiger partial charge in [-0.3, -0.25) is 4.79 Å². The standard InChI is InChI=1S/C26H20N2O2S/c1-16-10-11-18(14-17(16)2)22-12-13-23(30-22)25(29)27-20-7-5-6-19(15-20)26-28-21-8-3-4-9-24(21)31-26/h3-15H,1-2H3,(H,27,29). The molecule has 152 valence electrons. The monoisotopic (exact) mass is 424 g/mol. The minimum atomic E-state index is -0.281. The molecule has 5 aromatic rings. The van der Waals surface area contributed by atoms with Gasteiger partial charge >= 0.3 is 0 Å². The summed E-state index contributed by atoms with van der Waals surface area (Å²) in [6.07, 6.45) is 0. The summed E-state index contributed by atoms with van der Waals surface area (Å²) in [7, 11) is 0. The molecule has 0 aliphatic carbocycles. The maximum absolute atomic E-state index is 12.8. The molecule has 0 bridgehead atoms. The van der Waals surface area contributed by atoms with Crippen LogP contribution in [0, 0.1) is 13.8 Å². The Morgan fingerprint density at radius 3 is 2.58 bits per heavy atom. The van der Waals surface area contributed by atoms with Crippen molar-refractivity contribution < 1.29 is 9.21 Å². The van der Waals surface area contributed by atoms with E-state index in [4.69, 9.17) is 9.40 Å². The zero-order valence-corrected chi connectivity index (χ0v) is 18.0. The Kier molecular flexibility index (Phi) is 4.88. The maximum Gasteiger partial charge on any atom is 0.291 e. The van der Waals surface area contributed by atoms with Gasteiger partial charge in [0.1, 0.15) is 10.8 Å². The van der Waals surface area contributed by atoms with Gasteiger partial charge in [-0.1, -0.05) is 36.4 Å². The van der Waals surface area contributed by atoms with E-state index in [1.165, 1.54) is 11.1 Å². The molecular formula is C26H20N2O2S. The predicted molar refractivity (Wildman–Crippen MR) is 127 cm³/mol. The van der Waals surface area contributed by atoms with E-state index in [2.05, 4.69) is 37.4 Å². The van der Waals surface area contributed by atoms with Gasteiger partial charge in [-0.2, -0.15) is 0 Å². The predicted octanol–water partition coefficient (Wildman–Crippen LogP) is 7.09. The molecule has 2 aromatic heterocycles. The molecule has 0 saturated carbocycles. The van der Waals surface area contributed by atoms with Crippen molar-refractivity contribution in [2.45, 2.75) is 13.8 Å². The number of carbonyl (C=O) groups excluding carboxylic acids is 1. The minimum absolute atomic E-state index is 0.276. The highest BCUT2D eigenvalue weighted by atomic mass is 32.1. The van der Waals surface area contributed by atoms with E-state index in [0.29, 0.717) is 11.4 Å². The molecule has 31 heavy (non-hydrogen) atoms. The largest absolute Gasteiger partial charge is 0.451 e. The van der Waals surface area contributed by atoms with Crippen molar-refractivity contribution in [3.63, 3.8) is 0 Å². The lowest BCUT2D eigenvalue weighted by atomic mass is 10.1. The van der Waals surface area contributed by atoms with Gasteiger partial charge in [0, 0.05) is 16.8 Å². The van der Waals surface area contributed by atoms with E-state index < -0.39 is 0 Å². The van der Waals surface area contributed by atoms with Gasteiger partial charge in [0.05, 0.1) is 10.2 Å². The summed E-state index contributed by atoms with van der Waals surface area (Å²) in [5, 5.41) is 3.86. The van der Waals surface area contributed by atoms with Crippen LogP contribution in [0.4, 0.5) is 5.69 Å². The van der Waals surface area contributed by atoms with Crippen molar-refractivity contribution >= 4 is 33.1 Å². The number of nitrogens with one attached hydrogen (secondary N) is 1. The van der Waals surface area contributed by atoms with Gasteiger partial charge in [-0.25, -0.2) is 4.98 Å². The van der Waals surface area contributed by atoms with Crippen LogP contribution in [-0.2, 0) is 0 Å². The Labute approximate surface area is 184 Å². The van der Waals surface area contributed by atoms with E-state index in [0.717, 1.165) is 26.4 Å². The van der Waals surface area contributed by atoms with Gasteiger partial charge < -0.3 is 9.73 Å². The highest BCUT2D eigenvalue weighted by molar-refractivity contribution is 7.21. The first-order valence-electron chi connectivity index (χ1n) is 10.0. The van der Waals surface area contributed by atoms with Gasteiger partial charge in [0.15, 0.2) is 5.76 Å². The third-order valence-corrected chi connectivity index (χ3v) is 6.37. The number of fused-ring (bicyclic) bond motifs is 1. The number of anilines is 1. The Morgan fingerprint density at radius 1 is 0.871 bits per heavy atom. The summed E-state index contributed by atoms with van der Waals surface area (Å²) in [6, 6.07) is 25.4. The van der Waals surface area contributed by atoms with E-state index in [1.54, 1.807) is 17.4 Å². The zero-order valence-electron chi connectivity index (χ0n) is 17.2. The summed E-state index contributed by atoms with van der Waals surface area (Å²) in [6.45, 7) is 4.14. The molecule has 0 aliphatic heterocycles. The first-order chi connectivity index (χ1) is 15.1. The molecule has 0 spiro atoms. The fourth-order valence-electron chi connectivity index (χ4n) is 3.43. The fourth-order valence-corrected chi connectivity index (χ4v) is 4.39. The molecule has 5 rings (SSSR count). The summed E-state index contributed by atoms with van der Waals surface area (Å²) < 4.78 is 6.97. The number of thiazole rings is 1. The van der Waals surface area contributed by atoms with Crippen LogP contribution in [-0.4, -0.2) is 10.9 Å². The molecule has 1 N–H and O–H groups in total. The second-order valence-corrected chi connectivity index (χ2v) is 8.52. The summed E-state index contributed by atoms with van der Waals surface area (Å²) in [5.74, 6) is 0.673. The lowest BCUT2D eigenvalue weighted by molar-refractivity contribution is 0.0997. The van der Waals surface area contributed by atoms with Gasteiger partial charge in [0.2, 0.25) is 0 Å². The molecule has 0 fully saturated rings. The number of aryl methyl sites for hydroxylation is 2. The molecule has 3 aromatic carbocycles. The number of hydrogen-bond acceptors (Lipinski definition) is 4. The van der Waals surface area contributed by atoms with Crippen LogP contribution < -0.4 is 5.32 Å². The zero-order chi connectivity index (χ0) is 21.4. The van der Waals surface area contributed by atoms with Gasteiger partial charge in [0.25, 0.3) is 5.91 Å². The van der Waals surface area contributed by atoms with E-state index in [1.807, 2.05) is 54.6 Å². The molecule has 1 amide bonds. The van der Waals surface area contributed by atoms with E-state index >= 15 is 0 Å². The molecule has 0 unspecified atom stereocenters. The van der Waals surface area contributed by atoms with Gasteiger partial charge in [-0.15, -0.1) is 11.3 Å². The lowest BCUT2D eigenvalue weighted by Crippen LogP contribution is -2.10. The number of furan rings is 1. The van der Waals surface area contributed by atoms with Crippen LogP contribution in [0.1, 0.15) is 21.7 Å². The highest BCUT2D eigenvalue weighted by Gasteiger charge is 2.14. The summed E-state index contributed by atoms with van der Waals surface area (Å²) in [5.41, 5.74) is 6.01. The van der Waals surface area contributed by atoms with E-state index in [-0.39, 0.29) is 11.7 Å². The second-order valence-electron chi connectivity index (χ2n) is 7.48. The Morgan fingerprint density at radius 2 is 1.74 bits per heavy atom. The molecular weight excluding hydrogens is 404 g/mol. The highest BCUT2D eigenvalue weighted by Crippen LogP contribution is 2.31. The number of nitrogens with zero attached hydrogens (tertiary/aromatic N) is 1. The number of aromatic nitrogens is 1. The first kappa shape index (κ1) is 19.3. The third-order valence-electron chi connectivity index (χ3n) is 5.28. The smallest absolute Gasteiger partial charge is 0.291 e. The average molecular weight is 425 g/mol. The van der Waals surface area contributed by atoms with Crippen LogP contribution in [0.3, 0.4) is 0 Å². The molecule has 0 aliphatic rings. The number of benzene rings is 3. The molecule has 0 saturated heterocycles. The molecule has 0 radical (unpaired) electrons. The Hall–Kier alpha value is -3.70. The normalized spacial score (nSPS) is 11.0. The minimum Gasteiger partial charge on any atom is -0.451 e. The van der Waals surface area contributed by atoms with Crippen molar-refractivity contribution in [2.75, 3.05) is 5.32 Å². The van der Waals surface area contributed by atoms with Crippen LogP contribution in [0.5, 0.6) is 0 Å². The van der Waals surface area contributed by atoms with Crippen LogP contribution in [0.15, 0.2) is 83.3 Å². The van der Waals surface area contributed by atoms with Crippen molar-refractivity contribution in [2.24, 2.45) is 0 Å². The van der Waals surface area contributed by atoms with Crippen molar-refractivity contribution in [1.29, 1.82) is 0 Å². The maximum atomic E-state index is 12.8. The van der Waals surface area contributed by atoms with Crippen molar-refractivity contribution in [3.05, 3.63) is 95.7 Å². The van der Waals surface area contributed by atoms with E-state index in [9.17, 15) is 4.79 Å². The van der Waals surface area contributed by atoms with Gasteiger partial charge in [-0.05, 0) is 67.4 Å². The Balaban J connectivity index is 1.37. The first-order valence-corrected chi connectivity index (χ1v) is 10.8. The van der Waals surface area contributed by atoms with Crippen molar-refractivity contribution in [1.82, 2.24) is 4.98 Å². The molecule has 0 atom stereocenters. The number of hydrogen-bond donors (Lipinski definition) is 1. The number of rotatable bonds is 4. The topological polar surface area (TPSA) is 55.1 Å². The lowest BCUT2D eigenvalue weighted by Gasteiger charge is -2.05. The summed E-state index contributed by atoms with van der Waals surface area (Å²) >= 11 is 1.64. The van der Waals surface area contributed by atoms with Crippen molar-refractivity contribution in [3.8, 4) is 21.9 Å². The number of amides is 1. The quantitative estimate of drug-likeness (QED) is 0.335. The second kappa shape index (κ2) is 7.85. The Bertz CT molecular complexity index is 1380. The third kappa shape index (κ3) is 3.88. The summed E-state index contributed by atoms with van der Waals surface area (Å²) in [4.78, 5) is 17.4. The molecule has 5 heteroatoms. The van der Waals surface area contributed by atoms with Crippen LogP contribution in [0.25, 0.3) is 32.1 Å². The average Bonchev–Trinajstić information content (AvgIpc) is 3.43. The molecule has 4 nitrogen and oxygen atoms in total. The SMILES string of the molecule is Cc1ccc(-c2ccc(C(=O)Nc3cccc(-c4nc5ccccc5s4)c3)o2)cc1C. The number of carbonyl (C=O) groups is 1. The number of para-hydroxylation sites is 1.